The highest BCUT2D eigenvalue weighted by Gasteiger charge is 2.16. The SMILES string of the molecule is COC(=O)CSc1nc2ccccc2c(=O)n1-c1ccc(OC)c(Cl)c1. The Bertz CT molecular complexity index is 1040. The first kappa shape index (κ1) is 18.3. The summed E-state index contributed by atoms with van der Waals surface area (Å²) in [5, 5.41) is 1.22. The number of para-hydroxylation sites is 1. The second kappa shape index (κ2) is 7.80. The summed E-state index contributed by atoms with van der Waals surface area (Å²) in [7, 11) is 2.83. The van der Waals surface area contributed by atoms with Gasteiger partial charge in [-0.1, -0.05) is 35.5 Å². The number of nitrogens with zero attached hydrogens (tertiary/aromatic N) is 2. The van der Waals surface area contributed by atoms with Crippen molar-refractivity contribution in [2.45, 2.75) is 5.16 Å². The minimum absolute atomic E-state index is 0.0329. The fraction of sp³-hybridized carbons (Fsp3) is 0.167. The monoisotopic (exact) mass is 390 g/mol. The van der Waals surface area contributed by atoms with Gasteiger partial charge in [0, 0.05) is 0 Å². The summed E-state index contributed by atoms with van der Waals surface area (Å²) in [6, 6.07) is 12.1. The Morgan fingerprint density at radius 1 is 1.23 bits per heavy atom. The molecule has 26 heavy (non-hydrogen) atoms. The predicted molar refractivity (Wildman–Crippen MR) is 102 cm³/mol. The van der Waals surface area contributed by atoms with E-state index in [1.165, 1.54) is 18.8 Å². The third-order valence-electron chi connectivity index (χ3n) is 3.69. The lowest BCUT2D eigenvalue weighted by Crippen LogP contribution is -2.22. The van der Waals surface area contributed by atoms with E-state index in [9.17, 15) is 9.59 Å². The van der Waals surface area contributed by atoms with Gasteiger partial charge < -0.3 is 9.47 Å². The molecule has 0 saturated heterocycles. The average molecular weight is 391 g/mol. The number of rotatable bonds is 5. The zero-order chi connectivity index (χ0) is 18.7. The maximum atomic E-state index is 13.0. The molecule has 6 nitrogen and oxygen atoms in total. The first-order chi connectivity index (χ1) is 12.5. The molecule has 0 fully saturated rings. The van der Waals surface area contributed by atoms with Crippen molar-refractivity contribution in [2.24, 2.45) is 0 Å². The lowest BCUT2D eigenvalue weighted by atomic mass is 10.2. The molecule has 0 spiro atoms. The molecule has 0 amide bonds. The van der Waals surface area contributed by atoms with Crippen LogP contribution in [0.5, 0.6) is 5.75 Å². The number of ether oxygens (including phenoxy) is 2. The van der Waals surface area contributed by atoms with Crippen LogP contribution in [-0.4, -0.2) is 35.5 Å². The molecule has 0 radical (unpaired) electrons. The largest absolute Gasteiger partial charge is 0.495 e. The summed E-state index contributed by atoms with van der Waals surface area (Å²) < 4.78 is 11.3. The lowest BCUT2D eigenvalue weighted by Gasteiger charge is -2.14. The molecule has 0 N–H and O–H groups in total. The Morgan fingerprint density at radius 2 is 2.00 bits per heavy atom. The highest BCUT2D eigenvalue weighted by atomic mass is 35.5. The summed E-state index contributed by atoms with van der Waals surface area (Å²) in [5.74, 6) is 0.128. The van der Waals surface area contributed by atoms with Gasteiger partial charge in [0.15, 0.2) is 5.16 Å². The minimum atomic E-state index is -0.406. The zero-order valence-electron chi connectivity index (χ0n) is 14.1. The third kappa shape index (κ3) is 3.54. The standard InChI is InChI=1S/C18H15ClN2O4S/c1-24-15-8-7-11(9-13(15)19)21-17(23)12-5-3-4-6-14(12)20-18(21)26-10-16(22)25-2/h3-9H,10H2,1-2H3. The smallest absolute Gasteiger partial charge is 0.316 e. The van der Waals surface area contributed by atoms with Gasteiger partial charge in [0.2, 0.25) is 0 Å². The van der Waals surface area contributed by atoms with E-state index in [0.717, 1.165) is 11.8 Å². The molecule has 2 aromatic carbocycles. The van der Waals surface area contributed by atoms with Crippen LogP contribution >= 0.6 is 23.4 Å². The Hall–Kier alpha value is -2.51. The van der Waals surface area contributed by atoms with Crippen molar-refractivity contribution >= 4 is 40.2 Å². The Kier molecular flexibility index (Phi) is 5.49. The quantitative estimate of drug-likeness (QED) is 0.378. The summed E-state index contributed by atoms with van der Waals surface area (Å²) >= 11 is 7.33. The molecule has 3 rings (SSSR count). The highest BCUT2D eigenvalue weighted by Crippen LogP contribution is 2.28. The molecule has 8 heteroatoms. The number of esters is 1. The van der Waals surface area contributed by atoms with Crippen LogP contribution in [0.4, 0.5) is 0 Å². The van der Waals surface area contributed by atoms with E-state index in [4.69, 9.17) is 16.3 Å². The first-order valence-corrected chi connectivity index (χ1v) is 8.97. The molecule has 1 heterocycles. The summed E-state index contributed by atoms with van der Waals surface area (Å²) in [4.78, 5) is 29.1. The van der Waals surface area contributed by atoms with E-state index in [1.54, 1.807) is 42.5 Å². The molecule has 0 atom stereocenters. The fourth-order valence-corrected chi connectivity index (χ4v) is 3.51. The van der Waals surface area contributed by atoms with Gasteiger partial charge in [-0.25, -0.2) is 4.98 Å². The second-order valence-electron chi connectivity index (χ2n) is 5.24. The molecule has 1 aromatic heterocycles. The number of carbonyl (C=O) groups excluding carboxylic acids is 1. The Labute approximate surface area is 158 Å². The topological polar surface area (TPSA) is 70.4 Å². The molecule has 0 unspecified atom stereocenters. The number of halogens is 1. The number of aromatic nitrogens is 2. The number of carbonyl (C=O) groups is 1. The van der Waals surface area contributed by atoms with Crippen molar-refractivity contribution < 1.29 is 14.3 Å². The van der Waals surface area contributed by atoms with Crippen LogP contribution in [-0.2, 0) is 9.53 Å². The number of fused-ring (bicyclic) bond motifs is 1. The third-order valence-corrected chi connectivity index (χ3v) is 4.89. The van der Waals surface area contributed by atoms with Gasteiger partial charge in [-0.3, -0.25) is 14.2 Å². The molecule has 134 valence electrons. The van der Waals surface area contributed by atoms with Gasteiger partial charge in [0.05, 0.1) is 41.6 Å². The zero-order valence-corrected chi connectivity index (χ0v) is 15.6. The van der Waals surface area contributed by atoms with Crippen LogP contribution in [0.2, 0.25) is 5.02 Å². The number of hydrogen-bond acceptors (Lipinski definition) is 6. The molecule has 0 bridgehead atoms. The van der Waals surface area contributed by atoms with Gasteiger partial charge >= 0.3 is 5.97 Å². The summed E-state index contributed by atoms with van der Waals surface area (Å²) in [6.07, 6.45) is 0. The molecule has 0 aliphatic heterocycles. The fourth-order valence-electron chi connectivity index (χ4n) is 2.41. The van der Waals surface area contributed by atoms with Crippen molar-refractivity contribution in [2.75, 3.05) is 20.0 Å². The minimum Gasteiger partial charge on any atom is -0.495 e. The van der Waals surface area contributed by atoms with Crippen LogP contribution < -0.4 is 10.3 Å². The van der Waals surface area contributed by atoms with Crippen molar-refractivity contribution in [1.29, 1.82) is 0 Å². The highest BCUT2D eigenvalue weighted by molar-refractivity contribution is 7.99. The Morgan fingerprint density at radius 3 is 2.69 bits per heavy atom. The molecule has 0 aliphatic carbocycles. The average Bonchev–Trinajstić information content (AvgIpc) is 2.66. The maximum Gasteiger partial charge on any atom is 0.316 e. The van der Waals surface area contributed by atoms with E-state index in [2.05, 4.69) is 9.72 Å². The normalized spacial score (nSPS) is 10.7. The maximum absolute atomic E-state index is 13.0. The van der Waals surface area contributed by atoms with E-state index in [0.29, 0.717) is 32.5 Å². The van der Waals surface area contributed by atoms with Crippen LogP contribution in [0.25, 0.3) is 16.6 Å². The van der Waals surface area contributed by atoms with Crippen molar-refractivity contribution in [3.63, 3.8) is 0 Å². The lowest BCUT2D eigenvalue weighted by molar-refractivity contribution is -0.137. The van der Waals surface area contributed by atoms with Crippen molar-refractivity contribution in [1.82, 2.24) is 9.55 Å². The van der Waals surface area contributed by atoms with E-state index < -0.39 is 5.97 Å². The number of methoxy groups -OCH3 is 2. The number of thioether (sulfide) groups is 1. The van der Waals surface area contributed by atoms with E-state index >= 15 is 0 Å². The van der Waals surface area contributed by atoms with Gasteiger partial charge in [-0.05, 0) is 30.3 Å². The van der Waals surface area contributed by atoms with Gasteiger partial charge in [0.25, 0.3) is 5.56 Å². The van der Waals surface area contributed by atoms with Crippen LogP contribution in [0.3, 0.4) is 0 Å². The molecule has 0 aliphatic rings. The summed E-state index contributed by atoms with van der Waals surface area (Å²) in [6.45, 7) is 0. The van der Waals surface area contributed by atoms with Crippen LogP contribution in [0.15, 0.2) is 52.4 Å². The van der Waals surface area contributed by atoms with Gasteiger partial charge in [0.1, 0.15) is 5.75 Å². The molecular formula is C18H15ClN2O4S. The second-order valence-corrected chi connectivity index (χ2v) is 6.59. The van der Waals surface area contributed by atoms with E-state index in [1.807, 2.05) is 0 Å². The first-order valence-electron chi connectivity index (χ1n) is 7.60. The summed E-state index contributed by atoms with van der Waals surface area (Å²) in [5.41, 5.74) is 0.844. The molecule has 3 aromatic rings. The van der Waals surface area contributed by atoms with Crippen LogP contribution in [0, 0.1) is 0 Å². The van der Waals surface area contributed by atoms with Gasteiger partial charge in [-0.15, -0.1) is 0 Å². The van der Waals surface area contributed by atoms with Crippen LogP contribution in [0.1, 0.15) is 0 Å². The van der Waals surface area contributed by atoms with E-state index in [-0.39, 0.29) is 11.3 Å². The van der Waals surface area contributed by atoms with Gasteiger partial charge in [-0.2, -0.15) is 0 Å². The number of hydrogen-bond donors (Lipinski definition) is 0. The van der Waals surface area contributed by atoms with Crippen molar-refractivity contribution in [3.05, 3.63) is 57.8 Å². The Balaban J connectivity index is 2.20. The predicted octanol–water partition coefficient (Wildman–Crippen LogP) is 3.31. The van der Waals surface area contributed by atoms with Crippen molar-refractivity contribution in [3.8, 4) is 11.4 Å². The number of benzene rings is 2. The molecule has 0 saturated carbocycles. The molecular weight excluding hydrogens is 376 g/mol.